The number of aryl methyl sites for hydroxylation is 1. The number of hydrogen-bond donors (Lipinski definition) is 1. The summed E-state index contributed by atoms with van der Waals surface area (Å²) in [6, 6.07) is -0.216. The first kappa shape index (κ1) is 21.7. The van der Waals surface area contributed by atoms with Gasteiger partial charge in [-0.3, -0.25) is 19.3 Å². The predicted octanol–water partition coefficient (Wildman–Crippen LogP) is 2.44. The Morgan fingerprint density at radius 2 is 1.81 bits per heavy atom. The number of fused-ring (bicyclic) bond motifs is 1. The van der Waals surface area contributed by atoms with Gasteiger partial charge < -0.3 is 10.2 Å². The Kier molecular flexibility index (Phi) is 6.53. The first-order valence-electron chi connectivity index (χ1n) is 11.7. The van der Waals surface area contributed by atoms with Gasteiger partial charge in [-0.2, -0.15) is 0 Å². The molecule has 0 spiro atoms. The Labute approximate surface area is 183 Å². The average Bonchev–Trinajstić information content (AvgIpc) is 3.08. The standard InChI is InChI=1S/C23H33N5O3/c1-15-18-12-20(30)28(14-17-8-4-3-5-9-17)23(18)26-22(25-15)19-10-6-7-11-27(19)21(31)13-24-16(2)29/h17,19H,3-14H2,1-2H3,(H,24,29). The maximum absolute atomic E-state index is 12.8. The SMILES string of the molecule is CC(=O)NCC(=O)N1CCCCC1c1nc(C)c2c(n1)N(CC1CCCCC1)C(=O)C2. The molecular weight excluding hydrogens is 394 g/mol. The van der Waals surface area contributed by atoms with Crippen molar-refractivity contribution in [3.8, 4) is 0 Å². The maximum atomic E-state index is 12.8. The Morgan fingerprint density at radius 1 is 1.06 bits per heavy atom. The van der Waals surface area contributed by atoms with Crippen LogP contribution in [0.1, 0.15) is 81.4 Å². The van der Waals surface area contributed by atoms with E-state index in [0.717, 1.165) is 42.9 Å². The first-order chi connectivity index (χ1) is 14.9. The molecule has 1 aliphatic carbocycles. The van der Waals surface area contributed by atoms with Gasteiger partial charge in [0.05, 0.1) is 19.0 Å². The van der Waals surface area contributed by atoms with Crippen molar-refractivity contribution in [1.82, 2.24) is 20.2 Å². The van der Waals surface area contributed by atoms with Crippen LogP contribution in [-0.4, -0.2) is 52.2 Å². The normalized spacial score (nSPS) is 21.9. The van der Waals surface area contributed by atoms with Crippen LogP contribution in [0.3, 0.4) is 0 Å². The van der Waals surface area contributed by atoms with Crippen molar-refractivity contribution in [1.29, 1.82) is 0 Å². The molecule has 1 atom stereocenters. The Hall–Kier alpha value is -2.51. The molecule has 4 rings (SSSR count). The molecule has 1 saturated carbocycles. The van der Waals surface area contributed by atoms with E-state index in [0.29, 0.717) is 24.7 Å². The van der Waals surface area contributed by atoms with Crippen molar-refractivity contribution in [2.45, 2.75) is 77.7 Å². The molecule has 2 fully saturated rings. The highest BCUT2D eigenvalue weighted by molar-refractivity contribution is 6.00. The van der Waals surface area contributed by atoms with Gasteiger partial charge >= 0.3 is 0 Å². The van der Waals surface area contributed by atoms with Crippen LogP contribution in [0.5, 0.6) is 0 Å². The van der Waals surface area contributed by atoms with Gasteiger partial charge in [-0.15, -0.1) is 0 Å². The van der Waals surface area contributed by atoms with E-state index in [2.05, 4.69) is 5.32 Å². The van der Waals surface area contributed by atoms with Crippen LogP contribution in [0.2, 0.25) is 0 Å². The molecule has 2 aliphatic heterocycles. The third kappa shape index (κ3) is 4.72. The van der Waals surface area contributed by atoms with E-state index in [9.17, 15) is 14.4 Å². The minimum Gasteiger partial charge on any atom is -0.347 e. The maximum Gasteiger partial charge on any atom is 0.242 e. The van der Waals surface area contributed by atoms with Crippen LogP contribution in [-0.2, 0) is 20.8 Å². The third-order valence-electron chi connectivity index (χ3n) is 6.87. The molecule has 1 saturated heterocycles. The number of carbonyl (C=O) groups excluding carboxylic acids is 3. The molecule has 8 heteroatoms. The molecule has 31 heavy (non-hydrogen) atoms. The van der Waals surface area contributed by atoms with Crippen molar-refractivity contribution >= 4 is 23.5 Å². The first-order valence-corrected chi connectivity index (χ1v) is 11.7. The van der Waals surface area contributed by atoms with Crippen molar-refractivity contribution < 1.29 is 14.4 Å². The van der Waals surface area contributed by atoms with E-state index in [1.165, 1.54) is 39.0 Å². The summed E-state index contributed by atoms with van der Waals surface area (Å²) in [4.78, 5) is 50.1. The number of rotatable bonds is 5. The number of carbonyl (C=O) groups is 3. The minimum absolute atomic E-state index is 0.0119. The van der Waals surface area contributed by atoms with E-state index in [1.54, 1.807) is 4.90 Å². The number of nitrogens with zero attached hydrogens (tertiary/aromatic N) is 4. The van der Waals surface area contributed by atoms with Crippen LogP contribution in [0, 0.1) is 12.8 Å². The summed E-state index contributed by atoms with van der Waals surface area (Å²) in [5.41, 5.74) is 1.76. The second-order valence-corrected chi connectivity index (χ2v) is 9.16. The zero-order valence-electron chi connectivity index (χ0n) is 18.7. The zero-order valence-corrected chi connectivity index (χ0v) is 18.7. The summed E-state index contributed by atoms with van der Waals surface area (Å²) in [5, 5.41) is 2.60. The van der Waals surface area contributed by atoms with Crippen LogP contribution in [0.4, 0.5) is 5.82 Å². The number of hydrogen-bond acceptors (Lipinski definition) is 5. The summed E-state index contributed by atoms with van der Waals surface area (Å²) < 4.78 is 0. The Balaban J connectivity index is 1.59. The van der Waals surface area contributed by atoms with Gasteiger partial charge in [-0.05, 0) is 44.9 Å². The summed E-state index contributed by atoms with van der Waals surface area (Å²) in [6.07, 6.45) is 9.19. The Morgan fingerprint density at radius 3 is 2.55 bits per heavy atom. The molecule has 0 aromatic carbocycles. The van der Waals surface area contributed by atoms with Gasteiger partial charge in [-0.25, -0.2) is 9.97 Å². The van der Waals surface area contributed by atoms with Crippen molar-refractivity contribution in [3.63, 3.8) is 0 Å². The molecule has 1 aromatic rings. The fourth-order valence-electron chi connectivity index (χ4n) is 5.16. The summed E-state index contributed by atoms with van der Waals surface area (Å²) in [7, 11) is 0. The highest BCUT2D eigenvalue weighted by Gasteiger charge is 2.36. The summed E-state index contributed by atoms with van der Waals surface area (Å²) in [5.74, 6) is 1.68. The lowest BCUT2D eigenvalue weighted by Crippen LogP contribution is -2.44. The van der Waals surface area contributed by atoms with Gasteiger partial charge in [0.1, 0.15) is 5.82 Å². The molecular formula is C23H33N5O3. The molecule has 3 amide bonds. The Bertz CT molecular complexity index is 865. The van der Waals surface area contributed by atoms with Crippen LogP contribution in [0.15, 0.2) is 0 Å². The van der Waals surface area contributed by atoms with E-state index in [1.807, 2.05) is 11.8 Å². The van der Waals surface area contributed by atoms with E-state index < -0.39 is 0 Å². The number of anilines is 1. The van der Waals surface area contributed by atoms with Gasteiger partial charge in [-0.1, -0.05) is 19.3 Å². The smallest absolute Gasteiger partial charge is 0.242 e. The predicted molar refractivity (Wildman–Crippen MR) is 116 cm³/mol. The second kappa shape index (κ2) is 9.32. The number of aromatic nitrogens is 2. The molecule has 168 valence electrons. The van der Waals surface area contributed by atoms with Crippen LogP contribution in [0.25, 0.3) is 0 Å². The topological polar surface area (TPSA) is 95.5 Å². The summed E-state index contributed by atoms with van der Waals surface area (Å²) >= 11 is 0. The quantitative estimate of drug-likeness (QED) is 0.779. The number of amides is 3. The lowest BCUT2D eigenvalue weighted by Gasteiger charge is -2.35. The molecule has 3 heterocycles. The molecule has 0 bridgehead atoms. The fourth-order valence-corrected chi connectivity index (χ4v) is 5.16. The lowest BCUT2D eigenvalue weighted by atomic mass is 9.89. The average molecular weight is 428 g/mol. The fraction of sp³-hybridized carbons (Fsp3) is 0.696. The van der Waals surface area contributed by atoms with E-state index >= 15 is 0 Å². The van der Waals surface area contributed by atoms with Crippen molar-refractivity contribution in [2.75, 3.05) is 24.5 Å². The zero-order chi connectivity index (χ0) is 22.0. The van der Waals surface area contributed by atoms with Gasteiger partial charge in [0, 0.05) is 31.3 Å². The van der Waals surface area contributed by atoms with Gasteiger partial charge in [0.2, 0.25) is 17.7 Å². The molecule has 1 unspecified atom stereocenters. The largest absolute Gasteiger partial charge is 0.347 e. The number of piperidine rings is 1. The van der Waals surface area contributed by atoms with Crippen molar-refractivity contribution in [3.05, 3.63) is 17.1 Å². The van der Waals surface area contributed by atoms with Crippen LogP contribution >= 0.6 is 0 Å². The summed E-state index contributed by atoms with van der Waals surface area (Å²) in [6.45, 7) is 4.70. The highest BCUT2D eigenvalue weighted by atomic mass is 16.2. The second-order valence-electron chi connectivity index (χ2n) is 9.16. The molecule has 3 aliphatic rings. The van der Waals surface area contributed by atoms with Gasteiger partial charge in [0.25, 0.3) is 0 Å². The van der Waals surface area contributed by atoms with Crippen molar-refractivity contribution in [2.24, 2.45) is 5.92 Å². The minimum atomic E-state index is -0.219. The molecule has 1 aromatic heterocycles. The van der Waals surface area contributed by atoms with Crippen LogP contribution < -0.4 is 10.2 Å². The van der Waals surface area contributed by atoms with Gasteiger partial charge in [0.15, 0.2) is 5.82 Å². The van der Waals surface area contributed by atoms with E-state index in [-0.39, 0.29) is 30.3 Å². The monoisotopic (exact) mass is 427 g/mol. The third-order valence-corrected chi connectivity index (χ3v) is 6.87. The lowest BCUT2D eigenvalue weighted by molar-refractivity contribution is -0.136. The number of nitrogens with one attached hydrogen (secondary N) is 1. The van der Waals surface area contributed by atoms with E-state index in [4.69, 9.17) is 9.97 Å². The molecule has 0 radical (unpaired) electrons. The molecule has 8 nitrogen and oxygen atoms in total. The molecule has 1 N–H and O–H groups in total. The highest BCUT2D eigenvalue weighted by Crippen LogP contribution is 2.36. The number of likely N-dealkylation sites (tertiary alicyclic amines) is 1.